The van der Waals surface area contributed by atoms with Crippen LogP contribution in [0.3, 0.4) is 0 Å². The first-order chi connectivity index (χ1) is 7.06. The molecule has 0 atom stereocenters. The maximum absolute atomic E-state index is 11.1. The minimum Gasteiger partial charge on any atom is -0.459 e. The normalized spacial score (nSPS) is 12.1. The predicted octanol–water partition coefficient (Wildman–Crippen LogP) is -0.495. The van der Waals surface area contributed by atoms with Gasteiger partial charge < -0.3 is 21.5 Å². The predicted molar refractivity (Wildman–Crippen MR) is 55.2 cm³/mol. The zero-order valence-electron chi connectivity index (χ0n) is 8.12. The van der Waals surface area contributed by atoms with Gasteiger partial charge in [-0.15, -0.1) is 0 Å². The van der Waals surface area contributed by atoms with Crippen LogP contribution in [0.25, 0.3) is 0 Å². The second kappa shape index (κ2) is 6.72. The lowest BCUT2D eigenvalue weighted by atomic mass is 10.4. The van der Waals surface area contributed by atoms with E-state index in [-0.39, 0.29) is 17.3 Å². The van der Waals surface area contributed by atoms with Crippen molar-refractivity contribution in [1.82, 2.24) is 5.32 Å². The highest BCUT2D eigenvalue weighted by Gasteiger charge is 2.16. The van der Waals surface area contributed by atoms with Crippen LogP contribution in [-0.4, -0.2) is 18.5 Å². The standard InChI is InChI=1S/C8H12ClN3O3/c1-2-15-8(14)7(13)12-6(4-11)5(9)3-10/h3-4H,2,10-11H2,1H3,(H,12,13)/b5-3+,6-4+. The molecule has 0 aromatic rings. The zero-order chi connectivity index (χ0) is 11.8. The topological polar surface area (TPSA) is 107 Å². The van der Waals surface area contributed by atoms with Crippen LogP contribution in [0.1, 0.15) is 6.92 Å². The molecule has 0 aliphatic rings. The first-order valence-corrected chi connectivity index (χ1v) is 4.42. The van der Waals surface area contributed by atoms with E-state index >= 15 is 0 Å². The summed E-state index contributed by atoms with van der Waals surface area (Å²) in [6.07, 6.45) is 2.05. The molecule has 0 aliphatic carbocycles. The Bertz CT molecular complexity index is 312. The lowest BCUT2D eigenvalue weighted by Crippen LogP contribution is -2.32. The molecule has 7 heteroatoms. The van der Waals surface area contributed by atoms with E-state index in [2.05, 4.69) is 10.1 Å². The molecule has 6 nitrogen and oxygen atoms in total. The fourth-order valence-corrected chi connectivity index (χ4v) is 0.751. The summed E-state index contributed by atoms with van der Waals surface area (Å²) < 4.78 is 4.45. The van der Waals surface area contributed by atoms with Crippen molar-refractivity contribution in [3.63, 3.8) is 0 Å². The molecular weight excluding hydrogens is 222 g/mol. The Labute approximate surface area is 91.9 Å². The van der Waals surface area contributed by atoms with Crippen molar-refractivity contribution in [3.05, 3.63) is 23.1 Å². The Morgan fingerprint density at radius 3 is 2.40 bits per heavy atom. The van der Waals surface area contributed by atoms with Crippen LogP contribution in [0.5, 0.6) is 0 Å². The number of halogens is 1. The van der Waals surface area contributed by atoms with Crippen molar-refractivity contribution in [2.45, 2.75) is 6.92 Å². The number of carbonyl (C=O) groups is 2. The summed E-state index contributed by atoms with van der Waals surface area (Å²) in [6.45, 7) is 1.69. The Morgan fingerprint density at radius 2 is 2.00 bits per heavy atom. The molecule has 0 saturated heterocycles. The number of ether oxygens (including phenoxy) is 1. The van der Waals surface area contributed by atoms with E-state index in [0.717, 1.165) is 12.4 Å². The van der Waals surface area contributed by atoms with Crippen LogP contribution in [0, 0.1) is 0 Å². The number of hydrogen-bond acceptors (Lipinski definition) is 5. The lowest BCUT2D eigenvalue weighted by Gasteiger charge is -2.06. The number of esters is 1. The van der Waals surface area contributed by atoms with Crippen LogP contribution in [0.15, 0.2) is 23.1 Å². The molecule has 0 spiro atoms. The SMILES string of the molecule is CCOC(=O)C(=O)NC(=C/N)/C(Cl)=C\N. The summed E-state index contributed by atoms with van der Waals surface area (Å²) in [5.41, 5.74) is 10.3. The average Bonchev–Trinajstić information content (AvgIpc) is 2.24. The Morgan fingerprint density at radius 1 is 1.40 bits per heavy atom. The molecular formula is C8H12ClN3O3. The molecule has 0 fully saturated rings. The largest absolute Gasteiger partial charge is 0.459 e. The second-order valence-electron chi connectivity index (χ2n) is 2.27. The minimum atomic E-state index is -1.02. The number of amides is 1. The molecule has 84 valence electrons. The van der Waals surface area contributed by atoms with E-state index in [1.165, 1.54) is 0 Å². The molecule has 15 heavy (non-hydrogen) atoms. The van der Waals surface area contributed by atoms with Crippen molar-refractivity contribution in [2.24, 2.45) is 11.5 Å². The van der Waals surface area contributed by atoms with Gasteiger partial charge >= 0.3 is 11.9 Å². The van der Waals surface area contributed by atoms with E-state index in [1.807, 2.05) is 0 Å². The van der Waals surface area contributed by atoms with Crippen molar-refractivity contribution >= 4 is 23.5 Å². The van der Waals surface area contributed by atoms with Gasteiger partial charge in [-0.05, 0) is 6.92 Å². The third kappa shape index (κ3) is 4.37. The molecule has 0 aliphatic heterocycles. The third-order valence-electron chi connectivity index (χ3n) is 1.28. The van der Waals surface area contributed by atoms with Gasteiger partial charge in [0.2, 0.25) is 0 Å². The number of carbonyl (C=O) groups excluding carboxylic acids is 2. The summed E-state index contributed by atoms with van der Waals surface area (Å²) in [5.74, 6) is -1.98. The maximum Gasteiger partial charge on any atom is 0.397 e. The van der Waals surface area contributed by atoms with Gasteiger partial charge in [0.05, 0.1) is 17.3 Å². The van der Waals surface area contributed by atoms with Crippen molar-refractivity contribution in [1.29, 1.82) is 0 Å². The number of rotatable bonds is 3. The molecule has 0 aromatic heterocycles. The first-order valence-electron chi connectivity index (χ1n) is 4.04. The van der Waals surface area contributed by atoms with Crippen LogP contribution < -0.4 is 16.8 Å². The van der Waals surface area contributed by atoms with Gasteiger partial charge in [0, 0.05) is 12.4 Å². The summed E-state index contributed by atoms with van der Waals surface area (Å²) in [4.78, 5) is 22.0. The number of nitrogens with one attached hydrogen (secondary N) is 1. The molecule has 0 bridgehead atoms. The number of hydrogen-bond donors (Lipinski definition) is 3. The van der Waals surface area contributed by atoms with E-state index in [4.69, 9.17) is 23.1 Å². The highest BCUT2D eigenvalue weighted by atomic mass is 35.5. The molecule has 1 amide bonds. The summed E-state index contributed by atoms with van der Waals surface area (Å²) in [5, 5.41) is 2.17. The Balaban J connectivity index is 4.46. The number of allylic oxidation sites excluding steroid dienone is 1. The maximum atomic E-state index is 11.1. The summed E-state index contributed by atoms with van der Waals surface area (Å²) in [7, 11) is 0. The van der Waals surface area contributed by atoms with E-state index < -0.39 is 11.9 Å². The first kappa shape index (κ1) is 13.3. The van der Waals surface area contributed by atoms with Crippen LogP contribution >= 0.6 is 11.6 Å². The molecule has 0 unspecified atom stereocenters. The van der Waals surface area contributed by atoms with Gasteiger partial charge in [0.15, 0.2) is 0 Å². The fourth-order valence-electron chi connectivity index (χ4n) is 0.641. The van der Waals surface area contributed by atoms with Crippen LogP contribution in [0.2, 0.25) is 0 Å². The minimum absolute atomic E-state index is 0.0233. The monoisotopic (exact) mass is 233 g/mol. The van der Waals surface area contributed by atoms with Crippen LogP contribution in [0.4, 0.5) is 0 Å². The summed E-state index contributed by atoms with van der Waals surface area (Å²) in [6, 6.07) is 0. The molecule has 0 rings (SSSR count). The second-order valence-corrected chi connectivity index (χ2v) is 2.68. The fraction of sp³-hybridized carbons (Fsp3) is 0.250. The van der Waals surface area contributed by atoms with E-state index in [9.17, 15) is 9.59 Å². The Kier molecular flexibility index (Phi) is 5.96. The van der Waals surface area contributed by atoms with E-state index in [0.29, 0.717) is 0 Å². The van der Waals surface area contributed by atoms with Crippen molar-refractivity contribution in [3.8, 4) is 0 Å². The third-order valence-corrected chi connectivity index (χ3v) is 1.61. The zero-order valence-corrected chi connectivity index (χ0v) is 8.88. The Hall–Kier alpha value is -1.69. The van der Waals surface area contributed by atoms with Crippen molar-refractivity contribution in [2.75, 3.05) is 6.61 Å². The smallest absolute Gasteiger partial charge is 0.397 e. The average molecular weight is 234 g/mol. The lowest BCUT2D eigenvalue weighted by molar-refractivity contribution is -0.154. The van der Waals surface area contributed by atoms with Gasteiger partial charge in [0.25, 0.3) is 0 Å². The molecule has 0 heterocycles. The van der Waals surface area contributed by atoms with Gasteiger partial charge in [-0.3, -0.25) is 4.79 Å². The molecule has 0 radical (unpaired) electrons. The highest BCUT2D eigenvalue weighted by Crippen LogP contribution is 2.08. The van der Waals surface area contributed by atoms with E-state index in [1.54, 1.807) is 6.92 Å². The van der Waals surface area contributed by atoms with Crippen LogP contribution in [-0.2, 0) is 14.3 Å². The molecule has 5 N–H and O–H groups in total. The van der Waals surface area contributed by atoms with Crippen molar-refractivity contribution < 1.29 is 14.3 Å². The number of nitrogens with two attached hydrogens (primary N) is 2. The molecule has 0 saturated carbocycles. The van der Waals surface area contributed by atoms with Gasteiger partial charge in [-0.1, -0.05) is 11.6 Å². The quantitative estimate of drug-likeness (QED) is 0.346. The van der Waals surface area contributed by atoms with Gasteiger partial charge in [0.1, 0.15) is 0 Å². The van der Waals surface area contributed by atoms with Gasteiger partial charge in [-0.2, -0.15) is 0 Å². The van der Waals surface area contributed by atoms with Gasteiger partial charge in [-0.25, -0.2) is 4.79 Å². The summed E-state index contributed by atoms with van der Waals surface area (Å²) >= 11 is 5.58. The highest BCUT2D eigenvalue weighted by molar-refractivity contribution is 6.35. The molecule has 0 aromatic carbocycles.